The molecule has 0 aromatic rings. The van der Waals surface area contributed by atoms with Gasteiger partial charge in [0.25, 0.3) is 0 Å². The maximum atomic E-state index is 3.44. The van der Waals surface area contributed by atoms with Crippen molar-refractivity contribution in [2.24, 2.45) is 11.3 Å². The van der Waals surface area contributed by atoms with Gasteiger partial charge in [-0.3, -0.25) is 0 Å². The minimum absolute atomic E-state index is 0. The van der Waals surface area contributed by atoms with Crippen molar-refractivity contribution in [1.82, 2.24) is 10.2 Å². The highest BCUT2D eigenvalue weighted by atomic mass is 15.1. The van der Waals surface area contributed by atoms with E-state index >= 15 is 0 Å². The zero-order valence-electron chi connectivity index (χ0n) is 9.02. The van der Waals surface area contributed by atoms with Crippen molar-refractivity contribution >= 4 is 0 Å². The van der Waals surface area contributed by atoms with Crippen LogP contribution >= 0.6 is 0 Å². The van der Waals surface area contributed by atoms with Crippen LogP contribution < -0.4 is 5.32 Å². The van der Waals surface area contributed by atoms with E-state index in [0.717, 1.165) is 5.92 Å². The van der Waals surface area contributed by atoms with Crippen LogP contribution in [0.2, 0.25) is 0 Å². The number of nitrogens with zero attached hydrogens (tertiary/aromatic N) is 1. The number of rotatable bonds is 1. The summed E-state index contributed by atoms with van der Waals surface area (Å²) in [5, 5.41) is 3.44. The Morgan fingerprint density at radius 3 is 2.50 bits per heavy atom. The van der Waals surface area contributed by atoms with Crippen molar-refractivity contribution in [3.63, 3.8) is 0 Å². The molecule has 0 amide bonds. The Morgan fingerprint density at radius 2 is 2.08 bits per heavy atom. The first kappa shape index (κ1) is 10.0. The molecule has 2 nitrogen and oxygen atoms in total. The van der Waals surface area contributed by atoms with Crippen LogP contribution in [0.3, 0.4) is 0 Å². The highest BCUT2D eigenvalue weighted by Gasteiger charge is 2.37. The Morgan fingerprint density at radius 1 is 1.50 bits per heavy atom. The molecule has 0 saturated carbocycles. The number of hydrogen-bond acceptors (Lipinski definition) is 2. The summed E-state index contributed by atoms with van der Waals surface area (Å²) in [5.41, 5.74) is 0.404. The molecule has 12 heavy (non-hydrogen) atoms. The van der Waals surface area contributed by atoms with E-state index in [2.05, 4.69) is 45.1 Å². The van der Waals surface area contributed by atoms with Crippen molar-refractivity contribution in [2.45, 2.75) is 26.8 Å². The third kappa shape index (κ3) is 1.80. The summed E-state index contributed by atoms with van der Waals surface area (Å²) < 4.78 is 0. The van der Waals surface area contributed by atoms with E-state index < -0.39 is 0 Å². The van der Waals surface area contributed by atoms with Crippen molar-refractivity contribution in [2.75, 3.05) is 27.2 Å². The first-order valence-corrected chi connectivity index (χ1v) is 4.83. The molecule has 2 heteroatoms. The lowest BCUT2D eigenvalue weighted by Gasteiger charge is -2.46. The molecular formula is C10H24N2. The molecule has 2 atom stereocenters. The standard InChI is InChI=1S/C10H22N2.H2/c1-8-6-12(5)7-10(2,3)9(8)11-4;/h8-9,11H,6-7H2,1-5H3;1H/t8-,9+;/m1./s1. The van der Waals surface area contributed by atoms with Crippen LogP contribution in [0.5, 0.6) is 0 Å². The van der Waals surface area contributed by atoms with Gasteiger partial charge < -0.3 is 10.2 Å². The maximum Gasteiger partial charge on any atom is 0.0165 e. The summed E-state index contributed by atoms with van der Waals surface area (Å²) in [7, 11) is 4.29. The number of hydrogen-bond donors (Lipinski definition) is 1. The first-order chi connectivity index (χ1) is 5.47. The topological polar surface area (TPSA) is 15.3 Å². The molecule has 1 aliphatic rings. The van der Waals surface area contributed by atoms with Gasteiger partial charge in [-0.2, -0.15) is 0 Å². The van der Waals surface area contributed by atoms with Crippen LogP contribution in [0.1, 0.15) is 22.2 Å². The lowest BCUT2D eigenvalue weighted by atomic mass is 9.74. The Balaban J connectivity index is 0.00000144. The molecule has 0 aromatic heterocycles. The van der Waals surface area contributed by atoms with Crippen molar-refractivity contribution in [1.29, 1.82) is 0 Å². The van der Waals surface area contributed by atoms with Crippen LogP contribution in [0.4, 0.5) is 0 Å². The lowest BCUT2D eigenvalue weighted by molar-refractivity contribution is 0.0581. The molecule has 1 rings (SSSR count). The SMILES string of the molecule is CN[C@H]1[C@H](C)CN(C)CC1(C)C.[HH]. The zero-order chi connectivity index (χ0) is 9.35. The van der Waals surface area contributed by atoms with Crippen LogP contribution in [-0.2, 0) is 0 Å². The van der Waals surface area contributed by atoms with E-state index in [-0.39, 0.29) is 1.43 Å². The van der Waals surface area contributed by atoms with E-state index in [4.69, 9.17) is 0 Å². The molecule has 1 N–H and O–H groups in total. The second kappa shape index (κ2) is 3.35. The second-order valence-corrected chi connectivity index (χ2v) is 4.93. The zero-order valence-corrected chi connectivity index (χ0v) is 9.02. The Bertz CT molecular complexity index is 159. The Labute approximate surface area is 77.8 Å². The van der Waals surface area contributed by atoms with Crippen LogP contribution in [0, 0.1) is 11.3 Å². The van der Waals surface area contributed by atoms with E-state index in [1.807, 2.05) is 0 Å². The quantitative estimate of drug-likeness (QED) is 0.643. The fourth-order valence-electron chi connectivity index (χ4n) is 2.90. The predicted molar refractivity (Wildman–Crippen MR) is 55.4 cm³/mol. The molecule has 1 saturated heterocycles. The summed E-state index contributed by atoms with van der Waals surface area (Å²) in [6, 6.07) is 0.661. The van der Waals surface area contributed by atoms with Gasteiger partial charge in [0.15, 0.2) is 0 Å². The molecule has 0 radical (unpaired) electrons. The molecule has 74 valence electrons. The Kier molecular flexibility index (Phi) is 2.79. The summed E-state index contributed by atoms with van der Waals surface area (Å²) in [5.74, 6) is 0.753. The molecule has 1 fully saturated rings. The van der Waals surface area contributed by atoms with E-state index in [1.54, 1.807) is 0 Å². The normalized spacial score (nSPS) is 36.8. The van der Waals surface area contributed by atoms with Gasteiger partial charge in [-0.1, -0.05) is 20.8 Å². The van der Waals surface area contributed by atoms with Crippen molar-refractivity contribution in [3.05, 3.63) is 0 Å². The fourth-order valence-corrected chi connectivity index (χ4v) is 2.90. The van der Waals surface area contributed by atoms with Crippen LogP contribution in [-0.4, -0.2) is 38.1 Å². The monoisotopic (exact) mass is 172 g/mol. The number of nitrogens with one attached hydrogen (secondary N) is 1. The summed E-state index contributed by atoms with van der Waals surface area (Å²) in [4.78, 5) is 2.43. The molecular weight excluding hydrogens is 148 g/mol. The molecule has 0 bridgehead atoms. The molecule has 1 aliphatic heterocycles. The smallest absolute Gasteiger partial charge is 0.0165 e. The molecule has 0 aliphatic carbocycles. The van der Waals surface area contributed by atoms with Gasteiger partial charge in [-0.15, -0.1) is 0 Å². The van der Waals surface area contributed by atoms with Gasteiger partial charge in [0, 0.05) is 20.6 Å². The van der Waals surface area contributed by atoms with E-state index in [1.165, 1.54) is 13.1 Å². The number of piperidine rings is 1. The molecule has 0 unspecified atom stereocenters. The minimum Gasteiger partial charge on any atom is -0.316 e. The van der Waals surface area contributed by atoms with Gasteiger partial charge in [-0.25, -0.2) is 0 Å². The third-order valence-electron chi connectivity index (χ3n) is 3.00. The summed E-state index contributed by atoms with van der Waals surface area (Å²) in [6.07, 6.45) is 0. The highest BCUT2D eigenvalue weighted by Crippen LogP contribution is 2.31. The third-order valence-corrected chi connectivity index (χ3v) is 3.00. The average molecular weight is 172 g/mol. The van der Waals surface area contributed by atoms with Crippen molar-refractivity contribution < 1.29 is 1.43 Å². The van der Waals surface area contributed by atoms with Crippen LogP contribution in [0.15, 0.2) is 0 Å². The van der Waals surface area contributed by atoms with Gasteiger partial charge >= 0.3 is 0 Å². The average Bonchev–Trinajstić information content (AvgIpc) is 1.82. The molecule has 0 aromatic carbocycles. The summed E-state index contributed by atoms with van der Waals surface area (Å²) in [6.45, 7) is 9.44. The maximum absolute atomic E-state index is 3.44. The number of likely N-dealkylation sites (tertiary alicyclic amines) is 1. The second-order valence-electron chi connectivity index (χ2n) is 4.93. The van der Waals surface area contributed by atoms with Gasteiger partial charge in [0.2, 0.25) is 0 Å². The van der Waals surface area contributed by atoms with Gasteiger partial charge in [-0.05, 0) is 25.4 Å². The minimum atomic E-state index is 0. The van der Waals surface area contributed by atoms with E-state index in [9.17, 15) is 0 Å². The lowest BCUT2D eigenvalue weighted by Crippen LogP contribution is -2.56. The molecule has 0 spiro atoms. The molecule has 1 heterocycles. The van der Waals surface area contributed by atoms with E-state index in [0.29, 0.717) is 11.5 Å². The fraction of sp³-hybridized carbons (Fsp3) is 1.00. The largest absolute Gasteiger partial charge is 0.316 e. The summed E-state index contributed by atoms with van der Waals surface area (Å²) >= 11 is 0. The van der Waals surface area contributed by atoms with Crippen LogP contribution in [0.25, 0.3) is 0 Å². The first-order valence-electron chi connectivity index (χ1n) is 4.83. The van der Waals surface area contributed by atoms with Gasteiger partial charge in [0.05, 0.1) is 0 Å². The predicted octanol–water partition coefficient (Wildman–Crippen LogP) is 1.43. The Hall–Kier alpha value is -0.0800. The van der Waals surface area contributed by atoms with Crippen molar-refractivity contribution in [3.8, 4) is 0 Å². The highest BCUT2D eigenvalue weighted by molar-refractivity contribution is 4.93. The van der Waals surface area contributed by atoms with Gasteiger partial charge in [0.1, 0.15) is 0 Å².